The zero-order valence-corrected chi connectivity index (χ0v) is 13.0. The van der Waals surface area contributed by atoms with E-state index in [1.54, 1.807) is 7.05 Å². The van der Waals surface area contributed by atoms with E-state index in [-0.39, 0.29) is 18.4 Å². The minimum atomic E-state index is -3.40. The first-order valence-electron chi connectivity index (χ1n) is 5.83. The van der Waals surface area contributed by atoms with Gasteiger partial charge in [-0.25, -0.2) is 4.72 Å². The maximum Gasteiger partial charge on any atom is 0.279 e. The molecule has 0 aromatic heterocycles. The molecule has 0 amide bonds. The average Bonchev–Trinajstić information content (AvgIpc) is 2.24. The summed E-state index contributed by atoms with van der Waals surface area (Å²) >= 11 is 0. The highest BCUT2D eigenvalue weighted by atomic mass is 35.5. The van der Waals surface area contributed by atoms with Gasteiger partial charge in [-0.2, -0.15) is 12.7 Å². The first-order valence-corrected chi connectivity index (χ1v) is 7.27. The van der Waals surface area contributed by atoms with Gasteiger partial charge in [0.15, 0.2) is 0 Å². The molecule has 1 unspecified atom stereocenters. The number of likely N-dealkylation sites (N-methyl/N-ethyl adjacent to an activating group) is 1. The fraction of sp³-hybridized carbons (Fsp3) is 1.00. The third kappa shape index (κ3) is 5.38. The zero-order chi connectivity index (χ0) is 13.1. The van der Waals surface area contributed by atoms with Crippen LogP contribution in [0.25, 0.3) is 0 Å². The highest BCUT2D eigenvalue weighted by molar-refractivity contribution is 7.87. The summed E-state index contributed by atoms with van der Waals surface area (Å²) in [5, 5.41) is 2.99. The molecule has 1 fully saturated rings. The summed E-state index contributed by atoms with van der Waals surface area (Å²) in [6.45, 7) is 7.33. The Hall–Kier alpha value is 0.0800. The fourth-order valence-electron chi connectivity index (χ4n) is 1.60. The zero-order valence-electron chi connectivity index (χ0n) is 11.4. The lowest BCUT2D eigenvalue weighted by Crippen LogP contribution is -2.54. The second-order valence-electron chi connectivity index (χ2n) is 4.98. The summed E-state index contributed by atoms with van der Waals surface area (Å²) in [5.74, 6) is 0. The molecule has 1 atom stereocenters. The van der Waals surface area contributed by atoms with Gasteiger partial charge in [-0.3, -0.25) is 0 Å². The molecule has 1 rings (SSSR count). The van der Waals surface area contributed by atoms with E-state index >= 15 is 0 Å². The first-order chi connectivity index (χ1) is 7.77. The second kappa shape index (κ2) is 7.02. The van der Waals surface area contributed by atoms with E-state index in [4.69, 9.17) is 4.74 Å². The van der Waals surface area contributed by atoms with E-state index in [0.29, 0.717) is 26.2 Å². The molecule has 0 radical (unpaired) electrons. The van der Waals surface area contributed by atoms with Gasteiger partial charge in [-0.05, 0) is 27.8 Å². The molecule has 0 bridgehead atoms. The SMILES string of the molecule is CNC(C)CNS(=O)(=O)N1CCOC(C)(C)C1.Cl. The number of morpholine rings is 1. The van der Waals surface area contributed by atoms with Gasteiger partial charge >= 0.3 is 0 Å². The largest absolute Gasteiger partial charge is 0.373 e. The van der Waals surface area contributed by atoms with Gasteiger partial charge < -0.3 is 10.1 Å². The smallest absolute Gasteiger partial charge is 0.279 e. The Labute approximate surface area is 116 Å². The van der Waals surface area contributed by atoms with Gasteiger partial charge in [0.1, 0.15) is 0 Å². The highest BCUT2D eigenvalue weighted by Crippen LogP contribution is 2.18. The topological polar surface area (TPSA) is 70.7 Å². The molecule has 1 aliphatic heterocycles. The van der Waals surface area contributed by atoms with Gasteiger partial charge in [0.05, 0.1) is 12.2 Å². The molecule has 8 heteroatoms. The average molecular weight is 302 g/mol. The van der Waals surface area contributed by atoms with Crippen LogP contribution in [0, 0.1) is 0 Å². The van der Waals surface area contributed by atoms with Crippen LogP contribution in [0.3, 0.4) is 0 Å². The van der Waals surface area contributed by atoms with E-state index in [9.17, 15) is 8.42 Å². The summed E-state index contributed by atoms with van der Waals surface area (Å²) in [5.41, 5.74) is -0.415. The number of ether oxygens (including phenoxy) is 1. The van der Waals surface area contributed by atoms with Gasteiger partial charge in [-0.1, -0.05) is 0 Å². The Bertz CT molecular complexity index is 348. The molecule has 0 aromatic carbocycles. The minimum Gasteiger partial charge on any atom is -0.373 e. The predicted octanol–water partition coefficient (Wildman–Crippen LogP) is -0.0387. The van der Waals surface area contributed by atoms with Crippen LogP contribution in [-0.2, 0) is 14.9 Å². The Morgan fingerprint density at radius 3 is 2.56 bits per heavy atom. The van der Waals surface area contributed by atoms with Gasteiger partial charge in [0.25, 0.3) is 10.2 Å². The molecule has 2 N–H and O–H groups in total. The van der Waals surface area contributed by atoms with Gasteiger partial charge in [0, 0.05) is 25.7 Å². The third-order valence-corrected chi connectivity index (χ3v) is 4.32. The standard InChI is InChI=1S/C10H23N3O3S.ClH/c1-9(11-4)7-12-17(14,15)13-5-6-16-10(2,3)8-13;/h9,11-12H,5-8H2,1-4H3;1H. The maximum atomic E-state index is 12.0. The van der Waals surface area contributed by atoms with Crippen molar-refractivity contribution in [3.8, 4) is 0 Å². The van der Waals surface area contributed by atoms with Crippen LogP contribution >= 0.6 is 12.4 Å². The molecule has 0 saturated carbocycles. The van der Waals surface area contributed by atoms with Crippen molar-refractivity contribution in [3.05, 3.63) is 0 Å². The Kier molecular flexibility index (Phi) is 7.05. The van der Waals surface area contributed by atoms with Gasteiger partial charge in [-0.15, -0.1) is 12.4 Å². The van der Waals surface area contributed by atoms with Crippen LogP contribution < -0.4 is 10.0 Å². The van der Waals surface area contributed by atoms with Crippen LogP contribution in [0.15, 0.2) is 0 Å². The van der Waals surface area contributed by atoms with Crippen LogP contribution in [0.2, 0.25) is 0 Å². The number of rotatable bonds is 5. The van der Waals surface area contributed by atoms with E-state index in [1.165, 1.54) is 4.31 Å². The molecule has 1 heterocycles. The summed E-state index contributed by atoms with van der Waals surface area (Å²) in [6.07, 6.45) is 0. The van der Waals surface area contributed by atoms with Crippen LogP contribution in [-0.4, -0.2) is 57.7 Å². The van der Waals surface area contributed by atoms with Crippen molar-refractivity contribution >= 4 is 22.6 Å². The van der Waals surface area contributed by atoms with E-state index in [0.717, 1.165) is 0 Å². The van der Waals surface area contributed by atoms with Crippen molar-refractivity contribution in [1.29, 1.82) is 0 Å². The maximum absolute atomic E-state index is 12.0. The van der Waals surface area contributed by atoms with E-state index in [1.807, 2.05) is 20.8 Å². The lowest BCUT2D eigenvalue weighted by molar-refractivity contribution is -0.0643. The van der Waals surface area contributed by atoms with Crippen molar-refractivity contribution in [2.24, 2.45) is 0 Å². The second-order valence-corrected chi connectivity index (χ2v) is 6.74. The van der Waals surface area contributed by atoms with E-state index in [2.05, 4.69) is 10.0 Å². The lowest BCUT2D eigenvalue weighted by Gasteiger charge is -2.37. The number of hydrogen-bond acceptors (Lipinski definition) is 4. The number of halogens is 1. The summed E-state index contributed by atoms with van der Waals surface area (Å²) in [6, 6.07) is 0.110. The molecule has 0 aromatic rings. The van der Waals surface area contributed by atoms with Crippen LogP contribution in [0.4, 0.5) is 0 Å². The summed E-state index contributed by atoms with van der Waals surface area (Å²) < 4.78 is 33.6. The van der Waals surface area contributed by atoms with Gasteiger partial charge in [0.2, 0.25) is 0 Å². The molecule has 0 aliphatic carbocycles. The molecule has 1 saturated heterocycles. The Morgan fingerprint density at radius 1 is 1.44 bits per heavy atom. The normalized spacial score (nSPS) is 22.2. The quantitative estimate of drug-likeness (QED) is 0.748. The molecule has 18 heavy (non-hydrogen) atoms. The van der Waals surface area contributed by atoms with Crippen LogP contribution in [0.5, 0.6) is 0 Å². The predicted molar refractivity (Wildman–Crippen MR) is 74.3 cm³/mol. The molecule has 6 nitrogen and oxygen atoms in total. The Morgan fingerprint density at radius 2 is 2.06 bits per heavy atom. The summed E-state index contributed by atoms with van der Waals surface area (Å²) in [4.78, 5) is 0. The van der Waals surface area contributed by atoms with Crippen molar-refractivity contribution < 1.29 is 13.2 Å². The van der Waals surface area contributed by atoms with Crippen molar-refractivity contribution in [2.75, 3.05) is 33.3 Å². The molecule has 0 spiro atoms. The fourth-order valence-corrected chi connectivity index (χ4v) is 3.04. The lowest BCUT2D eigenvalue weighted by atomic mass is 10.1. The molecule has 110 valence electrons. The van der Waals surface area contributed by atoms with Crippen molar-refractivity contribution in [1.82, 2.24) is 14.3 Å². The van der Waals surface area contributed by atoms with Crippen molar-refractivity contribution in [3.63, 3.8) is 0 Å². The third-order valence-electron chi connectivity index (χ3n) is 2.80. The number of nitrogens with one attached hydrogen (secondary N) is 2. The minimum absolute atomic E-state index is 0. The molecular weight excluding hydrogens is 278 g/mol. The Balaban J connectivity index is 0.00000289. The first kappa shape index (κ1) is 18.1. The molecular formula is C10H24ClN3O3S. The highest BCUT2D eigenvalue weighted by Gasteiger charge is 2.33. The number of hydrogen-bond donors (Lipinski definition) is 2. The molecule has 1 aliphatic rings. The monoisotopic (exact) mass is 301 g/mol. The van der Waals surface area contributed by atoms with E-state index < -0.39 is 15.8 Å². The summed E-state index contributed by atoms with van der Waals surface area (Å²) in [7, 11) is -1.59. The van der Waals surface area contributed by atoms with Crippen molar-refractivity contribution in [2.45, 2.75) is 32.4 Å². The number of nitrogens with zero attached hydrogens (tertiary/aromatic N) is 1. The van der Waals surface area contributed by atoms with Crippen LogP contribution in [0.1, 0.15) is 20.8 Å².